The fraction of sp³-hybridized carbons (Fsp3) is 0.500. The summed E-state index contributed by atoms with van der Waals surface area (Å²) in [5, 5.41) is 0. The van der Waals surface area contributed by atoms with Crippen LogP contribution in [0.15, 0.2) is 18.2 Å². The summed E-state index contributed by atoms with van der Waals surface area (Å²) in [6, 6.07) is 5.85. The van der Waals surface area contributed by atoms with Crippen LogP contribution in [0.3, 0.4) is 0 Å². The van der Waals surface area contributed by atoms with E-state index in [4.69, 9.17) is 10.5 Å². The molecule has 1 aliphatic heterocycles. The third-order valence-electron chi connectivity index (χ3n) is 3.31. The molecule has 0 unspecified atom stereocenters. The minimum absolute atomic E-state index is 0.0683. The first-order valence-electron chi connectivity index (χ1n) is 6.41. The van der Waals surface area contributed by atoms with Gasteiger partial charge in [0, 0.05) is 25.2 Å². The quantitative estimate of drug-likeness (QED) is 0.877. The molecule has 0 aliphatic carbocycles. The van der Waals surface area contributed by atoms with Crippen LogP contribution in [-0.4, -0.2) is 30.5 Å². The number of carbonyl (C=O) groups excluding carboxylic acids is 1. The third-order valence-corrected chi connectivity index (χ3v) is 3.31. The summed E-state index contributed by atoms with van der Waals surface area (Å²) in [6.45, 7) is 4.22. The van der Waals surface area contributed by atoms with Gasteiger partial charge in [-0.2, -0.15) is 0 Å². The molecule has 0 aromatic heterocycles. The molecule has 2 rings (SSSR count). The normalized spacial score (nSPS) is 14.9. The number of hydrogen-bond acceptors (Lipinski definition) is 3. The molecule has 0 spiro atoms. The highest BCUT2D eigenvalue weighted by Gasteiger charge is 2.18. The summed E-state index contributed by atoms with van der Waals surface area (Å²) in [7, 11) is 0. The van der Waals surface area contributed by atoms with Gasteiger partial charge in [0.1, 0.15) is 5.75 Å². The Bertz CT molecular complexity index is 426. The van der Waals surface area contributed by atoms with Crippen molar-refractivity contribution in [3.63, 3.8) is 0 Å². The summed E-state index contributed by atoms with van der Waals surface area (Å²) in [5.74, 6) is 0.825. The molecule has 0 radical (unpaired) electrons. The molecule has 0 atom stereocenters. The zero-order chi connectivity index (χ0) is 13.0. The SMILES string of the molecule is Cc1cccc(CN)c1OCC(=O)N1CCCC1. The molecule has 98 valence electrons. The van der Waals surface area contributed by atoms with Gasteiger partial charge in [0.05, 0.1) is 0 Å². The zero-order valence-electron chi connectivity index (χ0n) is 10.8. The third kappa shape index (κ3) is 2.82. The molecule has 4 heteroatoms. The Morgan fingerprint density at radius 2 is 2.11 bits per heavy atom. The maximum atomic E-state index is 11.9. The highest BCUT2D eigenvalue weighted by Crippen LogP contribution is 2.23. The second-order valence-corrected chi connectivity index (χ2v) is 4.64. The molecular formula is C14H20N2O2. The predicted octanol–water partition coefficient (Wildman–Crippen LogP) is 1.45. The van der Waals surface area contributed by atoms with Gasteiger partial charge in [0.2, 0.25) is 0 Å². The van der Waals surface area contributed by atoms with Crippen LogP contribution in [0.25, 0.3) is 0 Å². The maximum absolute atomic E-state index is 11.9. The molecular weight excluding hydrogens is 228 g/mol. The van der Waals surface area contributed by atoms with E-state index in [1.165, 1.54) is 0 Å². The van der Waals surface area contributed by atoms with Gasteiger partial charge in [-0.05, 0) is 25.3 Å². The predicted molar refractivity (Wildman–Crippen MR) is 70.4 cm³/mol. The maximum Gasteiger partial charge on any atom is 0.260 e. The molecule has 1 fully saturated rings. The van der Waals surface area contributed by atoms with E-state index in [1.54, 1.807) is 0 Å². The van der Waals surface area contributed by atoms with Crippen molar-refractivity contribution in [3.05, 3.63) is 29.3 Å². The molecule has 0 bridgehead atoms. The first-order valence-corrected chi connectivity index (χ1v) is 6.41. The topological polar surface area (TPSA) is 55.6 Å². The van der Waals surface area contributed by atoms with Crippen molar-refractivity contribution >= 4 is 5.91 Å². The van der Waals surface area contributed by atoms with Crippen molar-refractivity contribution in [2.24, 2.45) is 5.73 Å². The Kier molecular flexibility index (Phi) is 4.20. The molecule has 1 aliphatic rings. The fourth-order valence-corrected chi connectivity index (χ4v) is 2.27. The largest absolute Gasteiger partial charge is 0.483 e. The molecule has 2 N–H and O–H groups in total. The fourth-order valence-electron chi connectivity index (χ4n) is 2.27. The monoisotopic (exact) mass is 248 g/mol. The lowest BCUT2D eigenvalue weighted by Crippen LogP contribution is -2.32. The highest BCUT2D eigenvalue weighted by atomic mass is 16.5. The van der Waals surface area contributed by atoms with Gasteiger partial charge in [0.25, 0.3) is 5.91 Å². The van der Waals surface area contributed by atoms with Crippen LogP contribution in [0.5, 0.6) is 5.75 Å². The lowest BCUT2D eigenvalue weighted by molar-refractivity contribution is -0.132. The number of nitrogens with zero attached hydrogens (tertiary/aromatic N) is 1. The average molecular weight is 248 g/mol. The smallest absolute Gasteiger partial charge is 0.260 e. The Morgan fingerprint density at radius 1 is 1.39 bits per heavy atom. The van der Waals surface area contributed by atoms with Crippen LogP contribution < -0.4 is 10.5 Å². The number of nitrogens with two attached hydrogens (primary N) is 1. The molecule has 0 saturated carbocycles. The number of ether oxygens (including phenoxy) is 1. The first-order chi connectivity index (χ1) is 8.72. The highest BCUT2D eigenvalue weighted by molar-refractivity contribution is 5.78. The number of rotatable bonds is 4. The minimum Gasteiger partial charge on any atom is -0.483 e. The summed E-state index contributed by atoms with van der Waals surface area (Å²) in [6.07, 6.45) is 2.20. The number of amides is 1. The number of likely N-dealkylation sites (tertiary alicyclic amines) is 1. The Morgan fingerprint density at radius 3 is 2.78 bits per heavy atom. The summed E-state index contributed by atoms with van der Waals surface area (Å²) in [4.78, 5) is 13.8. The van der Waals surface area contributed by atoms with Gasteiger partial charge in [-0.1, -0.05) is 18.2 Å². The number of aryl methyl sites for hydroxylation is 1. The Hall–Kier alpha value is -1.55. The van der Waals surface area contributed by atoms with Gasteiger partial charge >= 0.3 is 0 Å². The van der Waals surface area contributed by atoms with Gasteiger partial charge < -0.3 is 15.4 Å². The van der Waals surface area contributed by atoms with E-state index in [0.717, 1.165) is 42.8 Å². The second kappa shape index (κ2) is 5.87. The molecule has 4 nitrogen and oxygen atoms in total. The minimum atomic E-state index is 0.0683. The standard InChI is InChI=1S/C14H20N2O2/c1-11-5-4-6-12(9-15)14(11)18-10-13(17)16-7-2-3-8-16/h4-6H,2-3,7-10,15H2,1H3. The summed E-state index contributed by atoms with van der Waals surface area (Å²) < 4.78 is 5.66. The van der Waals surface area contributed by atoms with E-state index in [2.05, 4.69) is 0 Å². The number of para-hydroxylation sites is 1. The van der Waals surface area contributed by atoms with Gasteiger partial charge in [0.15, 0.2) is 6.61 Å². The molecule has 1 heterocycles. The van der Waals surface area contributed by atoms with E-state index in [-0.39, 0.29) is 12.5 Å². The summed E-state index contributed by atoms with van der Waals surface area (Å²) in [5.41, 5.74) is 7.64. The number of carbonyl (C=O) groups is 1. The lowest BCUT2D eigenvalue weighted by atomic mass is 10.1. The van der Waals surface area contributed by atoms with E-state index in [1.807, 2.05) is 30.0 Å². The van der Waals surface area contributed by atoms with Crippen LogP contribution in [0.1, 0.15) is 24.0 Å². The lowest BCUT2D eigenvalue weighted by Gasteiger charge is -2.17. The van der Waals surface area contributed by atoms with Crippen molar-refractivity contribution in [3.8, 4) is 5.75 Å². The van der Waals surface area contributed by atoms with E-state index < -0.39 is 0 Å². The van der Waals surface area contributed by atoms with Crippen LogP contribution in [0.2, 0.25) is 0 Å². The molecule has 1 amide bonds. The van der Waals surface area contributed by atoms with Crippen molar-refractivity contribution in [1.29, 1.82) is 0 Å². The number of benzene rings is 1. The van der Waals surface area contributed by atoms with Crippen LogP contribution >= 0.6 is 0 Å². The first kappa shape index (κ1) is 12.9. The van der Waals surface area contributed by atoms with Crippen molar-refractivity contribution in [1.82, 2.24) is 4.90 Å². The van der Waals surface area contributed by atoms with Crippen LogP contribution in [-0.2, 0) is 11.3 Å². The van der Waals surface area contributed by atoms with Gasteiger partial charge in [-0.3, -0.25) is 4.79 Å². The molecule has 1 aromatic carbocycles. The zero-order valence-corrected chi connectivity index (χ0v) is 10.8. The molecule has 1 saturated heterocycles. The van der Waals surface area contributed by atoms with Crippen LogP contribution in [0.4, 0.5) is 0 Å². The molecule has 1 aromatic rings. The average Bonchev–Trinajstić information content (AvgIpc) is 2.90. The van der Waals surface area contributed by atoms with E-state index in [9.17, 15) is 4.79 Å². The van der Waals surface area contributed by atoms with Crippen molar-refractivity contribution < 1.29 is 9.53 Å². The van der Waals surface area contributed by atoms with Crippen molar-refractivity contribution in [2.45, 2.75) is 26.3 Å². The Balaban J connectivity index is 1.99. The summed E-state index contributed by atoms with van der Waals surface area (Å²) >= 11 is 0. The van der Waals surface area contributed by atoms with Gasteiger partial charge in [-0.25, -0.2) is 0 Å². The van der Waals surface area contributed by atoms with E-state index >= 15 is 0 Å². The van der Waals surface area contributed by atoms with Gasteiger partial charge in [-0.15, -0.1) is 0 Å². The van der Waals surface area contributed by atoms with E-state index in [0.29, 0.717) is 6.54 Å². The Labute approximate surface area is 108 Å². The molecule has 18 heavy (non-hydrogen) atoms. The second-order valence-electron chi connectivity index (χ2n) is 4.64. The van der Waals surface area contributed by atoms with Crippen LogP contribution in [0, 0.1) is 6.92 Å². The van der Waals surface area contributed by atoms with Crippen molar-refractivity contribution in [2.75, 3.05) is 19.7 Å². The number of hydrogen-bond donors (Lipinski definition) is 1.